The van der Waals surface area contributed by atoms with E-state index in [-0.39, 0.29) is 6.41 Å². The minimum Gasteiger partial charge on any atom is -0.306 e. The molecular formula is C22H23F3N2OS. The monoisotopic (exact) mass is 420 g/mol. The minimum absolute atomic E-state index is 0.287. The number of carbonyl (C=O) groups excluding carboxylic acids is 1. The van der Waals surface area contributed by atoms with E-state index in [1.807, 2.05) is 12.1 Å². The van der Waals surface area contributed by atoms with Crippen molar-refractivity contribution >= 4 is 28.3 Å². The van der Waals surface area contributed by atoms with Gasteiger partial charge < -0.3 is 4.90 Å². The van der Waals surface area contributed by atoms with Crippen molar-refractivity contribution in [3.8, 4) is 0 Å². The number of hydrogen-bond acceptors (Lipinski definition) is 3. The second kappa shape index (κ2) is 7.95. The molecule has 0 spiro atoms. The van der Waals surface area contributed by atoms with E-state index in [1.54, 1.807) is 6.07 Å². The van der Waals surface area contributed by atoms with Crippen molar-refractivity contribution in [3.63, 3.8) is 0 Å². The van der Waals surface area contributed by atoms with Crippen LogP contribution in [0.4, 0.5) is 18.2 Å². The maximum absolute atomic E-state index is 12.9. The standard InChI is InChI=1S/C22H23F3N2OS/c1-26-10-8-16(9-11-26)21-17-5-3-2-4-15(17)6-7-19-18(21)12-20(29-19)27(14-28)13-22(23,24)25/h2-5,12,14H,6-11,13H2,1H3. The number of amides is 1. The lowest BCUT2D eigenvalue weighted by Gasteiger charge is -2.27. The molecule has 2 aliphatic rings. The summed E-state index contributed by atoms with van der Waals surface area (Å²) in [4.78, 5) is 15.5. The van der Waals surface area contributed by atoms with Crippen molar-refractivity contribution in [3.05, 3.63) is 57.5 Å². The number of aryl methyl sites for hydroxylation is 2. The zero-order valence-corrected chi connectivity index (χ0v) is 17.1. The van der Waals surface area contributed by atoms with Crippen LogP contribution in [0.1, 0.15) is 34.4 Å². The van der Waals surface area contributed by atoms with Crippen LogP contribution in [0.5, 0.6) is 0 Å². The number of carbonyl (C=O) groups is 1. The highest BCUT2D eigenvalue weighted by Gasteiger charge is 2.33. The molecular weight excluding hydrogens is 397 g/mol. The van der Waals surface area contributed by atoms with E-state index in [0.717, 1.165) is 54.1 Å². The van der Waals surface area contributed by atoms with Crippen LogP contribution < -0.4 is 4.90 Å². The summed E-state index contributed by atoms with van der Waals surface area (Å²) in [6, 6.07) is 10.1. The third-order valence-electron chi connectivity index (χ3n) is 5.68. The predicted octanol–water partition coefficient (Wildman–Crippen LogP) is 4.90. The van der Waals surface area contributed by atoms with Crippen molar-refractivity contribution in [2.45, 2.75) is 31.9 Å². The van der Waals surface area contributed by atoms with E-state index in [2.05, 4.69) is 24.1 Å². The van der Waals surface area contributed by atoms with Gasteiger partial charge in [0.2, 0.25) is 6.41 Å². The highest BCUT2D eigenvalue weighted by Crippen LogP contribution is 2.44. The van der Waals surface area contributed by atoms with E-state index >= 15 is 0 Å². The first-order chi connectivity index (χ1) is 13.9. The lowest BCUT2D eigenvalue weighted by Crippen LogP contribution is -2.32. The quantitative estimate of drug-likeness (QED) is 0.660. The average molecular weight is 421 g/mol. The van der Waals surface area contributed by atoms with E-state index in [9.17, 15) is 18.0 Å². The number of fused-ring (bicyclic) bond motifs is 2. The number of hydrogen-bond donors (Lipinski definition) is 0. The zero-order chi connectivity index (χ0) is 20.6. The van der Waals surface area contributed by atoms with E-state index in [1.165, 1.54) is 33.6 Å². The van der Waals surface area contributed by atoms with E-state index < -0.39 is 12.7 Å². The molecule has 1 aromatic heterocycles. The number of anilines is 1. The number of rotatable bonds is 3. The summed E-state index contributed by atoms with van der Waals surface area (Å²) in [6.07, 6.45) is -0.624. The number of alkyl halides is 3. The van der Waals surface area contributed by atoms with E-state index in [0.29, 0.717) is 5.00 Å². The van der Waals surface area contributed by atoms with Gasteiger partial charge in [0.25, 0.3) is 0 Å². The molecule has 0 atom stereocenters. The Balaban J connectivity index is 1.82. The Kier molecular flexibility index (Phi) is 5.53. The number of thiophene rings is 1. The number of piperidine rings is 1. The third-order valence-corrected chi connectivity index (χ3v) is 6.91. The number of halogens is 3. The fourth-order valence-electron chi connectivity index (χ4n) is 4.21. The molecule has 1 aliphatic heterocycles. The lowest BCUT2D eigenvalue weighted by atomic mass is 9.88. The number of nitrogens with zero attached hydrogens (tertiary/aromatic N) is 2. The highest BCUT2D eigenvalue weighted by atomic mass is 32.1. The SMILES string of the molecule is CN1CCC(=C2c3ccccc3CCc3sc(N(C=O)CC(F)(F)F)cc32)CC1. The van der Waals surface area contributed by atoms with E-state index in [4.69, 9.17) is 0 Å². The van der Waals surface area contributed by atoms with Crippen LogP contribution in [-0.4, -0.2) is 44.2 Å². The first-order valence-electron chi connectivity index (χ1n) is 9.76. The molecule has 4 rings (SSSR count). The lowest BCUT2D eigenvalue weighted by molar-refractivity contribution is -0.126. The molecule has 0 saturated carbocycles. The molecule has 1 amide bonds. The second-order valence-corrected chi connectivity index (χ2v) is 8.82. The van der Waals surface area contributed by atoms with Gasteiger partial charge in [0.15, 0.2) is 0 Å². The molecule has 0 radical (unpaired) electrons. The van der Waals surface area contributed by atoms with Crippen LogP contribution in [-0.2, 0) is 17.6 Å². The highest BCUT2D eigenvalue weighted by molar-refractivity contribution is 7.16. The van der Waals surface area contributed by atoms with Gasteiger partial charge in [-0.2, -0.15) is 13.2 Å². The van der Waals surface area contributed by atoms with Gasteiger partial charge in [-0.3, -0.25) is 9.69 Å². The van der Waals surface area contributed by atoms with Crippen molar-refractivity contribution in [2.24, 2.45) is 0 Å². The number of likely N-dealkylation sites (tertiary alicyclic amines) is 1. The maximum atomic E-state index is 12.9. The summed E-state index contributed by atoms with van der Waals surface area (Å²) < 4.78 is 38.8. The van der Waals surface area contributed by atoms with Crippen molar-refractivity contribution < 1.29 is 18.0 Å². The van der Waals surface area contributed by atoms with Gasteiger partial charge in [-0.05, 0) is 61.1 Å². The molecule has 1 fully saturated rings. The second-order valence-electron chi connectivity index (χ2n) is 7.71. The molecule has 0 N–H and O–H groups in total. The fraction of sp³-hybridized carbons (Fsp3) is 0.409. The maximum Gasteiger partial charge on any atom is 0.406 e. The summed E-state index contributed by atoms with van der Waals surface area (Å²) in [5, 5.41) is 0.368. The van der Waals surface area contributed by atoms with Crippen LogP contribution in [0.3, 0.4) is 0 Å². The van der Waals surface area contributed by atoms with Gasteiger partial charge in [-0.15, -0.1) is 11.3 Å². The first kappa shape index (κ1) is 20.2. The van der Waals surface area contributed by atoms with Crippen LogP contribution in [0.2, 0.25) is 0 Å². The fourth-order valence-corrected chi connectivity index (χ4v) is 5.34. The molecule has 1 aromatic carbocycles. The summed E-state index contributed by atoms with van der Waals surface area (Å²) in [5.41, 5.74) is 5.99. The first-order valence-corrected chi connectivity index (χ1v) is 10.6. The van der Waals surface area contributed by atoms with Crippen molar-refractivity contribution in [1.82, 2.24) is 4.90 Å². The molecule has 0 unspecified atom stereocenters. The summed E-state index contributed by atoms with van der Waals surface area (Å²) in [7, 11) is 2.11. The Bertz CT molecular complexity index is 938. The van der Waals surface area contributed by atoms with Gasteiger partial charge >= 0.3 is 6.18 Å². The molecule has 7 heteroatoms. The molecule has 2 heterocycles. The normalized spacial score (nSPS) is 17.5. The Labute approximate surface area is 172 Å². The van der Waals surface area contributed by atoms with Crippen molar-refractivity contribution in [2.75, 3.05) is 31.6 Å². The summed E-state index contributed by atoms with van der Waals surface area (Å²) >= 11 is 1.31. The van der Waals surface area contributed by atoms with Crippen molar-refractivity contribution in [1.29, 1.82) is 0 Å². The summed E-state index contributed by atoms with van der Waals surface area (Å²) in [5.74, 6) is 0. The molecule has 2 aromatic rings. The van der Waals surface area contributed by atoms with Crippen LogP contribution >= 0.6 is 11.3 Å². The molecule has 0 bridgehead atoms. The topological polar surface area (TPSA) is 23.6 Å². The van der Waals surface area contributed by atoms with Crippen LogP contribution in [0.15, 0.2) is 35.9 Å². The number of benzene rings is 1. The molecule has 3 nitrogen and oxygen atoms in total. The third kappa shape index (κ3) is 4.26. The summed E-state index contributed by atoms with van der Waals surface area (Å²) in [6.45, 7) is 0.687. The Morgan fingerprint density at radius 2 is 1.83 bits per heavy atom. The largest absolute Gasteiger partial charge is 0.406 e. The van der Waals surface area contributed by atoms with Gasteiger partial charge in [-0.1, -0.05) is 29.8 Å². The molecule has 154 valence electrons. The van der Waals surface area contributed by atoms with Gasteiger partial charge in [0.1, 0.15) is 6.54 Å². The van der Waals surface area contributed by atoms with Gasteiger partial charge in [0.05, 0.1) is 5.00 Å². The molecule has 1 saturated heterocycles. The van der Waals surface area contributed by atoms with Crippen LogP contribution in [0.25, 0.3) is 5.57 Å². The zero-order valence-electron chi connectivity index (χ0n) is 16.3. The molecule has 1 aliphatic carbocycles. The smallest absolute Gasteiger partial charge is 0.306 e. The van der Waals surface area contributed by atoms with Crippen LogP contribution in [0, 0.1) is 0 Å². The Hall–Kier alpha value is -2.12. The molecule has 29 heavy (non-hydrogen) atoms. The van der Waals surface area contributed by atoms with Gasteiger partial charge in [-0.25, -0.2) is 0 Å². The minimum atomic E-state index is -4.43. The Morgan fingerprint density at radius 1 is 1.10 bits per heavy atom. The predicted molar refractivity (Wildman–Crippen MR) is 110 cm³/mol. The van der Waals surface area contributed by atoms with Gasteiger partial charge in [0, 0.05) is 18.0 Å². The Morgan fingerprint density at radius 3 is 2.52 bits per heavy atom. The average Bonchev–Trinajstić information content (AvgIpc) is 3.03.